The molecule has 1 aromatic rings. The van der Waals surface area contributed by atoms with Gasteiger partial charge in [-0.1, -0.05) is 12.2 Å². The molecular formula is C9H14N3O4PS2. The zero-order chi connectivity index (χ0) is 14.5. The van der Waals surface area contributed by atoms with Gasteiger partial charge in [0.25, 0.3) is 0 Å². The van der Waals surface area contributed by atoms with Crippen LogP contribution in [0.5, 0.6) is 11.5 Å². The first-order valence-corrected chi connectivity index (χ1v) is 8.03. The highest BCUT2D eigenvalue weighted by Gasteiger charge is 2.22. The maximum Gasteiger partial charge on any atom is 0.414 e. The van der Waals surface area contributed by atoms with Gasteiger partial charge in [-0.2, -0.15) is 0 Å². The van der Waals surface area contributed by atoms with E-state index in [1.807, 2.05) is 0 Å². The fraction of sp³-hybridized carbons (Fsp3) is 0.222. The van der Waals surface area contributed by atoms with E-state index in [1.165, 1.54) is 18.2 Å². The van der Waals surface area contributed by atoms with Gasteiger partial charge in [0.2, 0.25) is 0 Å². The van der Waals surface area contributed by atoms with Crippen molar-refractivity contribution in [2.75, 3.05) is 0 Å². The van der Waals surface area contributed by atoms with Crippen LogP contribution in [-0.2, 0) is 27.5 Å². The number of aryl methyl sites for hydroxylation is 1. The molecule has 0 saturated heterocycles. The van der Waals surface area contributed by atoms with Gasteiger partial charge in [-0.05, 0) is 30.2 Å². The van der Waals surface area contributed by atoms with Crippen LogP contribution in [-0.4, -0.2) is 10.1 Å². The molecule has 0 aliphatic carbocycles. The summed E-state index contributed by atoms with van der Waals surface area (Å²) in [6.07, 6.45) is 0.911. The Morgan fingerprint density at radius 1 is 1.32 bits per heavy atom. The number of phenols is 1. The fourth-order valence-electron chi connectivity index (χ4n) is 1.30. The third kappa shape index (κ3) is 5.00. The normalized spacial score (nSPS) is 11.3. The quantitative estimate of drug-likeness (QED) is 0.330. The number of hydrogen-bond acceptors (Lipinski definition) is 8. The highest BCUT2D eigenvalue weighted by molar-refractivity contribution is 8.07. The van der Waals surface area contributed by atoms with Crippen LogP contribution >= 0.6 is 18.9 Å². The highest BCUT2D eigenvalue weighted by atomic mass is 32.5. The number of aromatic hydroxyl groups is 1. The predicted octanol–water partition coefficient (Wildman–Crippen LogP) is 0.995. The van der Waals surface area contributed by atoms with Crippen molar-refractivity contribution >= 4 is 35.7 Å². The molecule has 0 heterocycles. The smallest absolute Gasteiger partial charge is 0.414 e. The monoisotopic (exact) mass is 323 g/mol. The Bertz CT molecular complexity index is 506. The molecule has 0 aliphatic rings. The lowest BCUT2D eigenvalue weighted by Crippen LogP contribution is -2.11. The fourth-order valence-corrected chi connectivity index (χ4v) is 2.19. The number of benzene rings is 1. The van der Waals surface area contributed by atoms with Crippen LogP contribution in [0.15, 0.2) is 18.2 Å². The molecule has 10 heteroatoms. The Balaban J connectivity index is 2.99. The van der Waals surface area contributed by atoms with Crippen LogP contribution in [0.3, 0.4) is 0 Å². The Kier molecular flexibility index (Phi) is 6.08. The summed E-state index contributed by atoms with van der Waals surface area (Å²) in [5.74, 6) is 10.4. The molecule has 0 aliphatic heterocycles. The second-order valence-corrected chi connectivity index (χ2v) is 6.87. The zero-order valence-electron chi connectivity index (χ0n) is 9.81. The molecule has 106 valence electrons. The summed E-state index contributed by atoms with van der Waals surface area (Å²) in [5.41, 5.74) is 6.07. The average molecular weight is 323 g/mol. The summed E-state index contributed by atoms with van der Waals surface area (Å²) in [5, 5.41) is 9.47. The van der Waals surface area contributed by atoms with Crippen molar-refractivity contribution < 1.29 is 18.9 Å². The Hall–Kier alpha value is -0.800. The lowest BCUT2D eigenvalue weighted by molar-refractivity contribution is 0.208. The minimum atomic E-state index is -3.25. The summed E-state index contributed by atoms with van der Waals surface area (Å²) >= 11 is 9.69. The van der Waals surface area contributed by atoms with Gasteiger partial charge in [-0.3, -0.25) is 0 Å². The van der Waals surface area contributed by atoms with Gasteiger partial charge in [0, 0.05) is 18.2 Å². The van der Waals surface area contributed by atoms with E-state index < -0.39 is 6.72 Å². The lowest BCUT2D eigenvalue weighted by Gasteiger charge is -2.18. The number of phenolic OH excluding ortho intramolecular Hbond substituents is 1. The van der Waals surface area contributed by atoms with Crippen molar-refractivity contribution in [2.45, 2.75) is 12.8 Å². The lowest BCUT2D eigenvalue weighted by atomic mass is 10.1. The summed E-state index contributed by atoms with van der Waals surface area (Å²) < 4.78 is 14.2. The first-order valence-electron chi connectivity index (χ1n) is 5.07. The minimum Gasteiger partial charge on any atom is -0.508 e. The maximum absolute atomic E-state index is 9.47. The van der Waals surface area contributed by atoms with E-state index >= 15 is 0 Å². The number of rotatable bonds is 7. The molecule has 0 unspecified atom stereocenters. The number of nitrogens with two attached hydrogens (primary N) is 3. The second-order valence-electron chi connectivity index (χ2n) is 3.51. The van der Waals surface area contributed by atoms with Crippen molar-refractivity contribution in [2.24, 2.45) is 17.5 Å². The van der Waals surface area contributed by atoms with E-state index in [1.54, 1.807) is 0 Å². The molecule has 0 amide bonds. The minimum absolute atomic E-state index is 0.0703. The van der Waals surface area contributed by atoms with Gasteiger partial charge in [0.05, 0.1) is 4.99 Å². The molecule has 0 bridgehead atoms. The van der Waals surface area contributed by atoms with Crippen molar-refractivity contribution in [1.82, 2.24) is 0 Å². The van der Waals surface area contributed by atoms with Gasteiger partial charge >= 0.3 is 6.72 Å². The van der Waals surface area contributed by atoms with Crippen LogP contribution in [0.1, 0.15) is 12.0 Å². The van der Waals surface area contributed by atoms with Crippen LogP contribution in [0.2, 0.25) is 0 Å². The summed E-state index contributed by atoms with van der Waals surface area (Å²) in [6, 6.07) is 4.43. The van der Waals surface area contributed by atoms with Crippen LogP contribution in [0, 0.1) is 0 Å². The van der Waals surface area contributed by atoms with E-state index in [4.69, 9.17) is 46.1 Å². The molecule has 7 nitrogen and oxygen atoms in total. The second kappa shape index (κ2) is 7.11. The first kappa shape index (κ1) is 16.3. The molecule has 1 rings (SSSR count). The predicted molar refractivity (Wildman–Crippen MR) is 78.7 cm³/mol. The first-order chi connectivity index (χ1) is 8.90. The van der Waals surface area contributed by atoms with Gasteiger partial charge in [-0.15, -0.1) is 0 Å². The van der Waals surface area contributed by atoms with Crippen LogP contribution in [0.25, 0.3) is 0 Å². The third-order valence-corrected chi connectivity index (χ3v) is 4.03. The van der Waals surface area contributed by atoms with Crippen molar-refractivity contribution in [1.29, 1.82) is 0 Å². The van der Waals surface area contributed by atoms with Gasteiger partial charge in [-0.25, -0.2) is 21.0 Å². The van der Waals surface area contributed by atoms with E-state index in [2.05, 4.69) is 9.25 Å². The molecule has 0 atom stereocenters. The SMILES string of the molecule is NOP(=S)(ON)Oc1ccc(O)cc1CCC(N)=S. The molecule has 7 N–H and O–H groups in total. The van der Waals surface area contributed by atoms with Gasteiger partial charge < -0.3 is 15.4 Å². The topological polar surface area (TPSA) is 126 Å². The Labute approximate surface area is 120 Å². The summed E-state index contributed by atoms with van der Waals surface area (Å²) in [4.78, 5) is 0.346. The van der Waals surface area contributed by atoms with Crippen molar-refractivity contribution in [3.8, 4) is 11.5 Å². The molecule has 0 spiro atoms. The molecule has 19 heavy (non-hydrogen) atoms. The largest absolute Gasteiger partial charge is 0.508 e. The highest BCUT2D eigenvalue weighted by Crippen LogP contribution is 2.47. The standard InChI is InChI=1S/C9H14N3O4PS2/c10-9(18)4-1-6-5-7(13)2-3-8(6)14-17(19,15-11)16-12/h2-3,5,13H,1,4,11-12H2,(H2,10,18). The molecule has 0 fully saturated rings. The number of hydrogen-bond donors (Lipinski definition) is 4. The average Bonchev–Trinajstić information content (AvgIpc) is 2.38. The molecular weight excluding hydrogens is 309 g/mol. The van der Waals surface area contributed by atoms with E-state index in [-0.39, 0.29) is 5.75 Å². The van der Waals surface area contributed by atoms with Crippen molar-refractivity contribution in [3.63, 3.8) is 0 Å². The van der Waals surface area contributed by atoms with Crippen LogP contribution in [0.4, 0.5) is 0 Å². The van der Waals surface area contributed by atoms with E-state index in [0.29, 0.717) is 29.1 Å². The van der Waals surface area contributed by atoms with E-state index in [0.717, 1.165) is 0 Å². The molecule has 0 saturated carbocycles. The molecule has 1 aromatic carbocycles. The van der Waals surface area contributed by atoms with Gasteiger partial charge in [0.15, 0.2) is 0 Å². The van der Waals surface area contributed by atoms with Crippen LogP contribution < -0.4 is 22.1 Å². The Morgan fingerprint density at radius 2 is 1.95 bits per heavy atom. The Morgan fingerprint density at radius 3 is 2.47 bits per heavy atom. The maximum atomic E-state index is 9.47. The third-order valence-electron chi connectivity index (χ3n) is 2.15. The summed E-state index contributed by atoms with van der Waals surface area (Å²) in [6.45, 7) is -3.25. The number of thiocarbonyl (C=S) groups is 1. The summed E-state index contributed by atoms with van der Waals surface area (Å²) in [7, 11) is 0. The van der Waals surface area contributed by atoms with Crippen molar-refractivity contribution in [3.05, 3.63) is 23.8 Å². The molecule has 0 radical (unpaired) electrons. The zero-order valence-corrected chi connectivity index (χ0v) is 12.3. The molecule has 0 aromatic heterocycles. The van der Waals surface area contributed by atoms with E-state index in [9.17, 15) is 5.11 Å². The van der Waals surface area contributed by atoms with Gasteiger partial charge in [0.1, 0.15) is 11.5 Å².